The van der Waals surface area contributed by atoms with Gasteiger partial charge < -0.3 is 0 Å². The summed E-state index contributed by atoms with van der Waals surface area (Å²) in [5.74, 6) is 3.30. The monoisotopic (exact) mass is 198 g/mol. The first-order valence-electron chi connectivity index (χ1n) is 5.81. The van der Waals surface area contributed by atoms with Gasteiger partial charge in [-0.15, -0.1) is 12.3 Å². The van der Waals surface area contributed by atoms with Crippen LogP contribution >= 0.6 is 0 Å². The molecule has 1 aliphatic rings. The van der Waals surface area contributed by atoms with Crippen molar-refractivity contribution in [1.29, 1.82) is 0 Å². The van der Waals surface area contributed by atoms with Crippen LogP contribution in [-0.2, 0) is 5.41 Å². The van der Waals surface area contributed by atoms with E-state index in [4.69, 9.17) is 6.42 Å². The van der Waals surface area contributed by atoms with Crippen molar-refractivity contribution in [2.24, 2.45) is 5.92 Å². The Morgan fingerprint density at radius 3 is 2.33 bits per heavy atom. The molecular formula is C15H18. The van der Waals surface area contributed by atoms with E-state index < -0.39 is 0 Å². The predicted molar refractivity (Wildman–Crippen MR) is 64.6 cm³/mol. The molecule has 1 aliphatic carbocycles. The lowest BCUT2D eigenvalue weighted by Gasteiger charge is -2.33. The maximum absolute atomic E-state index is 5.62. The van der Waals surface area contributed by atoms with E-state index in [0.717, 1.165) is 0 Å². The summed E-state index contributed by atoms with van der Waals surface area (Å²) >= 11 is 0. The van der Waals surface area contributed by atoms with Crippen LogP contribution in [0.15, 0.2) is 30.3 Å². The van der Waals surface area contributed by atoms with Crippen LogP contribution in [0.5, 0.6) is 0 Å². The highest BCUT2D eigenvalue weighted by atomic mass is 14.4. The minimum absolute atomic E-state index is 0.260. The average molecular weight is 198 g/mol. The van der Waals surface area contributed by atoms with Gasteiger partial charge in [0, 0.05) is 11.3 Å². The molecule has 0 saturated heterocycles. The molecular weight excluding hydrogens is 180 g/mol. The van der Waals surface area contributed by atoms with Crippen molar-refractivity contribution in [2.75, 3.05) is 0 Å². The molecule has 0 heterocycles. The Morgan fingerprint density at radius 1 is 1.20 bits per heavy atom. The topological polar surface area (TPSA) is 0 Å². The van der Waals surface area contributed by atoms with Gasteiger partial charge in [-0.1, -0.05) is 50.1 Å². The molecule has 0 nitrogen and oxygen atoms in total. The fourth-order valence-electron chi connectivity index (χ4n) is 2.91. The summed E-state index contributed by atoms with van der Waals surface area (Å²) in [5, 5.41) is 0. The summed E-state index contributed by atoms with van der Waals surface area (Å²) in [5.41, 5.74) is 1.70. The molecule has 0 bridgehead atoms. The molecule has 0 N–H and O–H groups in total. The Kier molecular flexibility index (Phi) is 2.82. The lowest BCUT2D eigenvalue weighted by molar-refractivity contribution is 0.355. The van der Waals surface area contributed by atoms with Crippen molar-refractivity contribution in [1.82, 2.24) is 0 Å². The first kappa shape index (κ1) is 10.3. The van der Waals surface area contributed by atoms with E-state index in [1.807, 2.05) is 0 Å². The molecule has 78 valence electrons. The van der Waals surface area contributed by atoms with Gasteiger partial charge in [-0.05, 0) is 18.4 Å². The Bertz CT molecular complexity index is 349. The molecule has 1 fully saturated rings. The quantitative estimate of drug-likeness (QED) is 0.635. The molecule has 1 atom stereocenters. The van der Waals surface area contributed by atoms with Crippen molar-refractivity contribution < 1.29 is 0 Å². The van der Waals surface area contributed by atoms with E-state index in [1.54, 1.807) is 0 Å². The smallest absolute Gasteiger partial charge is 0.0268 e. The number of hydrogen-bond donors (Lipinski definition) is 0. The Morgan fingerprint density at radius 2 is 1.80 bits per heavy atom. The highest BCUT2D eigenvalue weighted by Crippen LogP contribution is 2.46. The van der Waals surface area contributed by atoms with Crippen LogP contribution in [0.4, 0.5) is 0 Å². The van der Waals surface area contributed by atoms with Gasteiger partial charge in [0.05, 0.1) is 0 Å². The zero-order valence-electron chi connectivity index (χ0n) is 9.37. The van der Waals surface area contributed by atoms with Gasteiger partial charge in [0.25, 0.3) is 0 Å². The Hall–Kier alpha value is -1.22. The van der Waals surface area contributed by atoms with Crippen molar-refractivity contribution in [3.05, 3.63) is 35.9 Å². The first-order chi connectivity index (χ1) is 7.29. The lowest BCUT2D eigenvalue weighted by atomic mass is 9.70. The third kappa shape index (κ3) is 1.67. The fourth-order valence-corrected chi connectivity index (χ4v) is 2.91. The molecule has 15 heavy (non-hydrogen) atoms. The summed E-state index contributed by atoms with van der Waals surface area (Å²) < 4.78 is 0. The summed E-state index contributed by atoms with van der Waals surface area (Å²) in [6.45, 7) is 2.19. The molecule has 0 amide bonds. The first-order valence-corrected chi connectivity index (χ1v) is 5.81. The Labute approximate surface area is 92.7 Å². The molecule has 1 unspecified atom stereocenters. The van der Waals surface area contributed by atoms with Crippen LogP contribution in [-0.4, -0.2) is 0 Å². The molecule has 0 heteroatoms. The number of terminal acetylenes is 1. The number of hydrogen-bond acceptors (Lipinski definition) is 0. The molecule has 2 rings (SSSR count). The lowest BCUT2D eigenvalue weighted by Crippen LogP contribution is -2.29. The van der Waals surface area contributed by atoms with Gasteiger partial charge in [0.1, 0.15) is 0 Å². The van der Waals surface area contributed by atoms with Crippen LogP contribution in [0.1, 0.15) is 38.2 Å². The van der Waals surface area contributed by atoms with Crippen molar-refractivity contribution in [2.45, 2.75) is 38.0 Å². The molecule has 0 aromatic heterocycles. The SMILES string of the molecule is C#CC(C)C1(c2ccccc2)CCCC1. The van der Waals surface area contributed by atoms with Gasteiger partial charge in [-0.25, -0.2) is 0 Å². The molecule has 1 aromatic rings. The van der Waals surface area contributed by atoms with Crippen LogP contribution in [0, 0.1) is 18.3 Å². The highest BCUT2D eigenvalue weighted by molar-refractivity contribution is 5.30. The van der Waals surface area contributed by atoms with Gasteiger partial charge in [0.15, 0.2) is 0 Å². The summed E-state index contributed by atoms with van der Waals surface area (Å²) in [7, 11) is 0. The standard InChI is InChI=1S/C15H18/c1-3-13(2)15(11-7-8-12-15)14-9-5-4-6-10-14/h1,4-6,9-10,13H,7-8,11-12H2,2H3. The van der Waals surface area contributed by atoms with Crippen LogP contribution < -0.4 is 0 Å². The fraction of sp³-hybridized carbons (Fsp3) is 0.467. The molecule has 0 radical (unpaired) electrons. The number of benzene rings is 1. The second-order valence-electron chi connectivity index (χ2n) is 4.62. The minimum Gasteiger partial charge on any atom is -0.120 e. The van der Waals surface area contributed by atoms with Gasteiger partial charge >= 0.3 is 0 Å². The zero-order valence-corrected chi connectivity index (χ0v) is 9.37. The van der Waals surface area contributed by atoms with E-state index in [2.05, 4.69) is 43.2 Å². The van der Waals surface area contributed by atoms with Crippen molar-refractivity contribution in [3.63, 3.8) is 0 Å². The van der Waals surface area contributed by atoms with Gasteiger partial charge in [0.2, 0.25) is 0 Å². The predicted octanol–water partition coefficient (Wildman–Crippen LogP) is 3.77. The second kappa shape index (κ2) is 4.11. The summed E-state index contributed by atoms with van der Waals surface area (Å²) in [6.07, 6.45) is 10.8. The highest BCUT2D eigenvalue weighted by Gasteiger charge is 2.39. The maximum atomic E-state index is 5.62. The van der Waals surface area contributed by atoms with Crippen LogP contribution in [0.3, 0.4) is 0 Å². The summed E-state index contributed by atoms with van der Waals surface area (Å²) in [4.78, 5) is 0. The second-order valence-corrected chi connectivity index (χ2v) is 4.62. The normalized spacial score (nSPS) is 20.8. The zero-order chi connectivity index (χ0) is 10.7. The molecule has 1 aromatic carbocycles. The van der Waals surface area contributed by atoms with E-state index in [-0.39, 0.29) is 5.41 Å². The third-order valence-electron chi connectivity index (χ3n) is 3.92. The Balaban J connectivity index is 2.40. The molecule has 1 saturated carbocycles. The van der Waals surface area contributed by atoms with E-state index >= 15 is 0 Å². The van der Waals surface area contributed by atoms with E-state index in [0.29, 0.717) is 5.92 Å². The molecule has 0 spiro atoms. The summed E-state index contributed by atoms with van der Waals surface area (Å²) in [6, 6.07) is 10.8. The van der Waals surface area contributed by atoms with Gasteiger partial charge in [-0.3, -0.25) is 0 Å². The van der Waals surface area contributed by atoms with Crippen LogP contribution in [0.2, 0.25) is 0 Å². The molecule has 0 aliphatic heterocycles. The largest absolute Gasteiger partial charge is 0.120 e. The minimum atomic E-state index is 0.260. The van der Waals surface area contributed by atoms with Crippen molar-refractivity contribution >= 4 is 0 Å². The number of rotatable bonds is 2. The average Bonchev–Trinajstić information content (AvgIpc) is 2.79. The maximum Gasteiger partial charge on any atom is 0.0268 e. The van der Waals surface area contributed by atoms with Gasteiger partial charge in [-0.2, -0.15) is 0 Å². The third-order valence-corrected chi connectivity index (χ3v) is 3.92. The van der Waals surface area contributed by atoms with Crippen LogP contribution in [0.25, 0.3) is 0 Å². The van der Waals surface area contributed by atoms with E-state index in [1.165, 1.54) is 31.2 Å². The van der Waals surface area contributed by atoms with Crippen molar-refractivity contribution in [3.8, 4) is 12.3 Å². The van der Waals surface area contributed by atoms with E-state index in [9.17, 15) is 0 Å².